The largest absolute Gasteiger partial charge is 0.481 e. The van der Waals surface area contributed by atoms with Gasteiger partial charge in [-0.15, -0.1) is 0 Å². The van der Waals surface area contributed by atoms with Gasteiger partial charge in [-0.05, 0) is 24.7 Å². The van der Waals surface area contributed by atoms with Crippen molar-refractivity contribution in [1.29, 1.82) is 0 Å². The Bertz CT molecular complexity index is 190. The monoisotopic (exact) mass is 201 g/mol. The molecule has 14 heavy (non-hydrogen) atoms. The van der Waals surface area contributed by atoms with Gasteiger partial charge in [0.05, 0.1) is 0 Å². The molecule has 3 atom stereocenters. The van der Waals surface area contributed by atoms with Crippen molar-refractivity contribution in [3.63, 3.8) is 0 Å². The highest BCUT2D eigenvalue weighted by molar-refractivity contribution is 5.67. The van der Waals surface area contributed by atoms with Crippen molar-refractivity contribution in [2.24, 2.45) is 17.6 Å². The molecular formula is C10H19NO3. The number of carboxylic acid groups (broad SMARTS) is 1. The first kappa shape index (κ1) is 11.5. The lowest BCUT2D eigenvalue weighted by Gasteiger charge is -2.26. The quantitative estimate of drug-likeness (QED) is 0.691. The molecule has 1 rings (SSSR count). The second-order valence-corrected chi connectivity index (χ2v) is 3.96. The van der Waals surface area contributed by atoms with Crippen LogP contribution in [-0.4, -0.2) is 30.3 Å². The zero-order valence-corrected chi connectivity index (χ0v) is 8.61. The fourth-order valence-corrected chi connectivity index (χ4v) is 2.06. The van der Waals surface area contributed by atoms with Gasteiger partial charge in [-0.3, -0.25) is 4.79 Å². The Labute approximate surface area is 84.4 Å². The van der Waals surface area contributed by atoms with E-state index >= 15 is 0 Å². The average Bonchev–Trinajstić information content (AvgIpc) is 2.65. The Kier molecular flexibility index (Phi) is 4.35. The maximum atomic E-state index is 10.7. The molecule has 0 aromatic carbocycles. The molecule has 1 aliphatic heterocycles. The summed E-state index contributed by atoms with van der Waals surface area (Å²) in [6, 6.07) is -0.0159. The third-order valence-corrected chi connectivity index (χ3v) is 3.00. The Balaban J connectivity index is 2.54. The van der Waals surface area contributed by atoms with Crippen LogP contribution in [0, 0.1) is 11.8 Å². The summed E-state index contributed by atoms with van der Waals surface area (Å²) in [5.41, 5.74) is 5.93. The molecule has 0 radical (unpaired) electrons. The molecule has 0 spiro atoms. The molecule has 1 aliphatic rings. The number of aliphatic carboxylic acids is 1. The van der Waals surface area contributed by atoms with Crippen molar-refractivity contribution in [3.8, 4) is 0 Å². The zero-order chi connectivity index (χ0) is 10.6. The summed E-state index contributed by atoms with van der Waals surface area (Å²) < 4.78 is 5.27. The molecule has 4 nitrogen and oxygen atoms in total. The summed E-state index contributed by atoms with van der Waals surface area (Å²) in [4.78, 5) is 10.7. The maximum absolute atomic E-state index is 10.7. The van der Waals surface area contributed by atoms with Crippen LogP contribution in [0.4, 0.5) is 0 Å². The average molecular weight is 201 g/mol. The first-order valence-electron chi connectivity index (χ1n) is 5.20. The Morgan fingerprint density at radius 3 is 2.86 bits per heavy atom. The molecule has 1 heterocycles. The Morgan fingerprint density at radius 2 is 2.43 bits per heavy atom. The fourth-order valence-electron chi connectivity index (χ4n) is 2.06. The predicted octanol–water partition coefficient (Wildman–Crippen LogP) is 0.851. The van der Waals surface area contributed by atoms with Crippen molar-refractivity contribution < 1.29 is 14.6 Å². The predicted molar refractivity (Wildman–Crippen MR) is 52.9 cm³/mol. The number of nitrogens with two attached hydrogens (primary N) is 1. The molecule has 1 saturated heterocycles. The molecule has 1 fully saturated rings. The lowest BCUT2D eigenvalue weighted by Crippen LogP contribution is -2.36. The minimum absolute atomic E-state index is 0.0159. The minimum Gasteiger partial charge on any atom is -0.481 e. The minimum atomic E-state index is -0.759. The van der Waals surface area contributed by atoms with E-state index in [2.05, 4.69) is 0 Å². The van der Waals surface area contributed by atoms with Crippen LogP contribution in [-0.2, 0) is 9.53 Å². The summed E-state index contributed by atoms with van der Waals surface area (Å²) in [6.45, 7) is 3.41. The number of hydrogen-bond donors (Lipinski definition) is 2. The molecule has 0 aliphatic carbocycles. The van der Waals surface area contributed by atoms with Gasteiger partial charge in [-0.2, -0.15) is 0 Å². The van der Waals surface area contributed by atoms with Crippen molar-refractivity contribution in [3.05, 3.63) is 0 Å². The summed E-state index contributed by atoms with van der Waals surface area (Å²) in [6.07, 6.45) is 1.95. The van der Waals surface area contributed by atoms with Crippen LogP contribution in [0.15, 0.2) is 0 Å². The molecule has 3 unspecified atom stereocenters. The molecule has 4 heteroatoms. The fraction of sp³-hybridized carbons (Fsp3) is 0.900. The normalized spacial score (nSPS) is 26.0. The molecule has 0 saturated carbocycles. The number of carbonyl (C=O) groups is 1. The molecular weight excluding hydrogens is 182 g/mol. The van der Waals surface area contributed by atoms with Gasteiger partial charge in [-0.1, -0.05) is 6.92 Å². The molecule has 82 valence electrons. The smallest absolute Gasteiger partial charge is 0.303 e. The number of carboxylic acids is 1. The lowest BCUT2D eigenvalue weighted by molar-refractivity contribution is -0.138. The van der Waals surface area contributed by atoms with Crippen LogP contribution in [0.3, 0.4) is 0 Å². The third-order valence-electron chi connectivity index (χ3n) is 3.00. The highest BCUT2D eigenvalue weighted by Crippen LogP contribution is 2.27. The van der Waals surface area contributed by atoms with E-state index in [0.717, 1.165) is 19.4 Å². The van der Waals surface area contributed by atoms with Gasteiger partial charge in [0.2, 0.25) is 0 Å². The van der Waals surface area contributed by atoms with Gasteiger partial charge in [0, 0.05) is 25.7 Å². The van der Waals surface area contributed by atoms with Crippen LogP contribution in [0.25, 0.3) is 0 Å². The highest BCUT2D eigenvalue weighted by atomic mass is 16.5. The van der Waals surface area contributed by atoms with E-state index < -0.39 is 5.97 Å². The second-order valence-electron chi connectivity index (χ2n) is 3.96. The molecule has 0 aromatic heterocycles. The highest BCUT2D eigenvalue weighted by Gasteiger charge is 2.31. The van der Waals surface area contributed by atoms with Gasteiger partial charge >= 0.3 is 5.97 Å². The number of hydrogen-bond acceptors (Lipinski definition) is 3. The Hall–Kier alpha value is -0.610. The van der Waals surface area contributed by atoms with Crippen LogP contribution >= 0.6 is 0 Å². The van der Waals surface area contributed by atoms with E-state index in [4.69, 9.17) is 15.6 Å². The van der Waals surface area contributed by atoms with Crippen molar-refractivity contribution in [2.75, 3.05) is 13.2 Å². The first-order valence-corrected chi connectivity index (χ1v) is 5.20. The zero-order valence-electron chi connectivity index (χ0n) is 8.61. The van der Waals surface area contributed by atoms with Crippen LogP contribution in [0.1, 0.15) is 26.2 Å². The van der Waals surface area contributed by atoms with E-state index in [1.165, 1.54) is 0 Å². The van der Waals surface area contributed by atoms with E-state index in [1.54, 1.807) is 0 Å². The maximum Gasteiger partial charge on any atom is 0.303 e. The lowest BCUT2D eigenvalue weighted by atomic mass is 9.82. The summed E-state index contributed by atoms with van der Waals surface area (Å²) in [5, 5.41) is 8.79. The molecule has 0 aromatic rings. The SMILES string of the molecule is CCC(N)C(CC(=O)O)C1CCOC1. The molecule has 0 amide bonds. The van der Waals surface area contributed by atoms with Crippen molar-refractivity contribution >= 4 is 5.97 Å². The number of rotatable bonds is 5. The van der Waals surface area contributed by atoms with E-state index in [1.807, 2.05) is 6.92 Å². The van der Waals surface area contributed by atoms with E-state index in [0.29, 0.717) is 12.5 Å². The standard InChI is InChI=1S/C10H19NO3/c1-2-9(11)8(5-10(12)13)7-3-4-14-6-7/h7-9H,2-6,11H2,1H3,(H,12,13). The molecule has 3 N–H and O–H groups in total. The number of ether oxygens (including phenoxy) is 1. The first-order chi connectivity index (χ1) is 6.65. The summed E-state index contributed by atoms with van der Waals surface area (Å²) >= 11 is 0. The van der Waals surface area contributed by atoms with E-state index in [-0.39, 0.29) is 18.4 Å². The van der Waals surface area contributed by atoms with Gasteiger partial charge in [0.1, 0.15) is 0 Å². The van der Waals surface area contributed by atoms with Gasteiger partial charge in [0.15, 0.2) is 0 Å². The second kappa shape index (κ2) is 5.32. The van der Waals surface area contributed by atoms with Crippen molar-refractivity contribution in [2.45, 2.75) is 32.2 Å². The van der Waals surface area contributed by atoms with Gasteiger partial charge in [0.25, 0.3) is 0 Å². The summed E-state index contributed by atoms with van der Waals surface area (Å²) in [7, 11) is 0. The third kappa shape index (κ3) is 2.96. The molecule has 0 bridgehead atoms. The van der Waals surface area contributed by atoms with Crippen LogP contribution < -0.4 is 5.73 Å². The van der Waals surface area contributed by atoms with Gasteiger partial charge in [-0.25, -0.2) is 0 Å². The van der Waals surface area contributed by atoms with Crippen LogP contribution in [0.5, 0.6) is 0 Å². The van der Waals surface area contributed by atoms with E-state index in [9.17, 15) is 4.79 Å². The topological polar surface area (TPSA) is 72.6 Å². The Morgan fingerprint density at radius 1 is 1.71 bits per heavy atom. The van der Waals surface area contributed by atoms with Crippen LogP contribution in [0.2, 0.25) is 0 Å². The van der Waals surface area contributed by atoms with Gasteiger partial charge < -0.3 is 15.6 Å². The summed E-state index contributed by atoms with van der Waals surface area (Å²) in [5.74, 6) is -0.355. The van der Waals surface area contributed by atoms with Crippen molar-refractivity contribution in [1.82, 2.24) is 0 Å².